The van der Waals surface area contributed by atoms with E-state index in [1.54, 1.807) is 0 Å². The van der Waals surface area contributed by atoms with Crippen LogP contribution in [-0.2, 0) is 66.7 Å². The maximum atomic E-state index is 11.7. The molecule has 0 bridgehead atoms. The molecule has 0 saturated carbocycles. The van der Waals surface area contributed by atoms with Crippen molar-refractivity contribution in [1.82, 2.24) is 0 Å². The predicted octanol–water partition coefficient (Wildman–Crippen LogP) is 2.98. The molecule has 290 valence electrons. The van der Waals surface area contributed by atoms with Gasteiger partial charge in [0, 0.05) is 56.3 Å². The number of benzene rings is 1. The molecule has 2 aliphatic heterocycles. The molecular weight excluding hydrogens is 752 g/mol. The SMILES string of the molecule is CC(=O)OC[C@H]1O[C@H](Sc2ccccc2)[C@H](OC(C)=O)[C@@H](N=[N+]=[N-])[C@H]1OC(C)=O.CC(=O)OC[C@H]1O[C@](O)(Cl)[C@H](OC(C)=O)[C@@H](N=[N+]=[N-])[C@H]1OC(C)=O. The van der Waals surface area contributed by atoms with Gasteiger partial charge in [-0.1, -0.05) is 51.8 Å². The van der Waals surface area contributed by atoms with E-state index in [1.807, 2.05) is 30.3 Å². The van der Waals surface area contributed by atoms with Gasteiger partial charge >= 0.3 is 35.8 Å². The topological polar surface area (TPSA) is 294 Å². The van der Waals surface area contributed by atoms with Crippen LogP contribution in [0, 0.1) is 0 Å². The largest absolute Gasteiger partial charge is 0.463 e. The van der Waals surface area contributed by atoms with Crippen LogP contribution in [0.4, 0.5) is 0 Å². The van der Waals surface area contributed by atoms with Crippen molar-refractivity contribution >= 4 is 59.2 Å². The van der Waals surface area contributed by atoms with Crippen LogP contribution in [0.2, 0.25) is 0 Å². The van der Waals surface area contributed by atoms with Crippen molar-refractivity contribution in [1.29, 1.82) is 0 Å². The summed E-state index contributed by atoms with van der Waals surface area (Å²) in [6.45, 7) is 6.18. The molecule has 0 radical (unpaired) electrons. The van der Waals surface area contributed by atoms with E-state index in [4.69, 9.17) is 60.6 Å². The molecule has 0 spiro atoms. The molecule has 2 heterocycles. The first kappa shape index (κ1) is 44.3. The molecule has 0 amide bonds. The Morgan fingerprint density at radius 2 is 1.19 bits per heavy atom. The van der Waals surface area contributed by atoms with Crippen LogP contribution in [0.5, 0.6) is 0 Å². The lowest BCUT2D eigenvalue weighted by atomic mass is 9.96. The number of thioether (sulfide) groups is 1. The molecule has 23 heteroatoms. The number of ether oxygens (including phenoxy) is 8. The second-order valence-corrected chi connectivity index (χ2v) is 12.7. The minimum atomic E-state index is -2.59. The zero-order valence-corrected chi connectivity index (χ0v) is 30.7. The van der Waals surface area contributed by atoms with Gasteiger partial charge in [0.25, 0.3) is 5.25 Å². The zero-order chi connectivity index (χ0) is 39.9. The van der Waals surface area contributed by atoms with Gasteiger partial charge in [-0.25, -0.2) is 0 Å². The van der Waals surface area contributed by atoms with Crippen molar-refractivity contribution in [2.75, 3.05) is 13.2 Å². The quantitative estimate of drug-likeness (QED) is 0.0795. The molecule has 3 rings (SSSR count). The molecule has 1 N–H and O–H groups in total. The van der Waals surface area contributed by atoms with E-state index in [0.29, 0.717) is 0 Å². The standard InChI is InChI=1S/C18H21N3O7S.C12H16ClN3O8/c1-10(22)25-9-14-16(26-11(2)23)15(20-21-19)17(27-12(3)24)18(28-14)29-13-7-5-4-6-8-13;1-5(17)21-4-8-10(22-6(2)18)9(15-16-14)11(23-7(3)19)12(13,20)24-8/h4-8,14-18H,9H2,1-3H3;8-11,20H,4H2,1-3H3/t14-,15+,16+,17-,18-;8-,9+,10+,11-,12+/m11/s1. The van der Waals surface area contributed by atoms with E-state index in [2.05, 4.69) is 20.1 Å². The first-order chi connectivity index (χ1) is 24.9. The smallest absolute Gasteiger partial charge is 0.303 e. The second kappa shape index (κ2) is 21.0. The maximum absolute atomic E-state index is 11.7. The molecule has 2 fully saturated rings. The number of halogens is 1. The average Bonchev–Trinajstić information content (AvgIpc) is 3.05. The van der Waals surface area contributed by atoms with Crippen molar-refractivity contribution < 1.29 is 71.8 Å². The third kappa shape index (κ3) is 14.3. The van der Waals surface area contributed by atoms with Gasteiger partial charge < -0.3 is 43.0 Å². The van der Waals surface area contributed by atoms with E-state index < -0.39 is 102 Å². The zero-order valence-electron chi connectivity index (χ0n) is 29.1. The van der Waals surface area contributed by atoms with Crippen LogP contribution in [0.3, 0.4) is 0 Å². The van der Waals surface area contributed by atoms with Crippen LogP contribution in [0.15, 0.2) is 45.5 Å². The van der Waals surface area contributed by atoms with E-state index in [9.17, 15) is 33.9 Å². The Morgan fingerprint density at radius 3 is 1.66 bits per heavy atom. The lowest BCUT2D eigenvalue weighted by molar-refractivity contribution is -0.290. The molecule has 1 aromatic rings. The number of alkyl halides is 1. The Kier molecular flexibility index (Phi) is 17.6. The number of carbonyl (C=O) groups excluding carboxylic acids is 6. The minimum absolute atomic E-state index is 0.233. The third-order valence-electron chi connectivity index (χ3n) is 6.76. The molecule has 0 aliphatic carbocycles. The first-order valence-electron chi connectivity index (χ1n) is 15.4. The van der Waals surface area contributed by atoms with Crippen molar-refractivity contribution in [3.63, 3.8) is 0 Å². The molecule has 1 aromatic carbocycles. The number of hydrogen-bond donors (Lipinski definition) is 1. The molecule has 0 unspecified atom stereocenters. The highest BCUT2D eigenvalue weighted by atomic mass is 35.5. The lowest BCUT2D eigenvalue weighted by Gasteiger charge is -2.45. The molecule has 2 saturated heterocycles. The monoisotopic (exact) mass is 788 g/mol. The number of hydrogen-bond acceptors (Lipinski definition) is 18. The summed E-state index contributed by atoms with van der Waals surface area (Å²) in [6, 6.07) is 6.67. The van der Waals surface area contributed by atoms with E-state index >= 15 is 0 Å². The summed E-state index contributed by atoms with van der Waals surface area (Å²) in [5, 5.41) is 14.7. The Balaban J connectivity index is 0.000000374. The normalized spacial score (nSPS) is 28.8. The van der Waals surface area contributed by atoms with Crippen LogP contribution in [0.25, 0.3) is 20.9 Å². The summed E-state index contributed by atoms with van der Waals surface area (Å²) in [5.41, 5.74) is 17.0. The summed E-state index contributed by atoms with van der Waals surface area (Å²) in [6.07, 6.45) is -7.31. The second-order valence-electron chi connectivity index (χ2n) is 11.0. The van der Waals surface area contributed by atoms with Crippen LogP contribution in [-0.4, -0.2) is 114 Å². The highest BCUT2D eigenvalue weighted by Gasteiger charge is 2.57. The van der Waals surface area contributed by atoms with Crippen LogP contribution < -0.4 is 0 Å². The van der Waals surface area contributed by atoms with Gasteiger partial charge in [0.05, 0.1) is 0 Å². The minimum Gasteiger partial charge on any atom is -0.463 e. The number of carbonyl (C=O) groups is 6. The Bertz CT molecular complexity index is 1580. The number of nitrogens with zero attached hydrogens (tertiary/aromatic N) is 6. The average molecular weight is 789 g/mol. The summed E-state index contributed by atoms with van der Waals surface area (Å²) < 4.78 is 41.5. The highest BCUT2D eigenvalue weighted by Crippen LogP contribution is 2.38. The van der Waals surface area contributed by atoms with Gasteiger partial charge in [-0.3, -0.25) is 28.8 Å². The molecular formula is C30H37ClN6O15S. The van der Waals surface area contributed by atoms with Crippen molar-refractivity contribution in [2.45, 2.75) is 106 Å². The highest BCUT2D eigenvalue weighted by molar-refractivity contribution is 7.99. The fourth-order valence-electron chi connectivity index (χ4n) is 4.92. The maximum Gasteiger partial charge on any atom is 0.303 e. The van der Waals surface area contributed by atoms with Gasteiger partial charge in [-0.15, -0.1) is 0 Å². The molecule has 0 aromatic heterocycles. The molecule has 21 nitrogen and oxygen atoms in total. The Labute approximate surface area is 311 Å². The fourth-order valence-corrected chi connectivity index (χ4v) is 6.34. The summed E-state index contributed by atoms with van der Waals surface area (Å²) in [7, 11) is 0. The van der Waals surface area contributed by atoms with Crippen molar-refractivity contribution in [3.8, 4) is 0 Å². The van der Waals surface area contributed by atoms with Gasteiger partial charge in [0.15, 0.2) is 6.10 Å². The number of aliphatic hydroxyl groups is 1. The number of esters is 6. The molecule has 53 heavy (non-hydrogen) atoms. The summed E-state index contributed by atoms with van der Waals surface area (Å²) in [5.74, 6) is -4.10. The van der Waals surface area contributed by atoms with Crippen molar-refractivity contribution in [3.05, 3.63) is 51.2 Å². The van der Waals surface area contributed by atoms with Gasteiger partial charge in [-0.2, -0.15) is 0 Å². The summed E-state index contributed by atoms with van der Waals surface area (Å²) >= 11 is 7.06. The summed E-state index contributed by atoms with van der Waals surface area (Å²) in [4.78, 5) is 74.3. The number of rotatable bonds is 12. The van der Waals surface area contributed by atoms with Crippen molar-refractivity contribution in [2.24, 2.45) is 10.2 Å². The predicted molar refractivity (Wildman–Crippen MR) is 178 cm³/mol. The van der Waals surface area contributed by atoms with Gasteiger partial charge in [0.2, 0.25) is 0 Å². The number of azide groups is 2. The van der Waals surface area contributed by atoms with Gasteiger partial charge in [0.1, 0.15) is 61.3 Å². The Hall–Kier alpha value is -4.82. The lowest BCUT2D eigenvalue weighted by Crippen LogP contribution is -2.64. The van der Waals surface area contributed by atoms with Crippen LogP contribution in [0.1, 0.15) is 41.5 Å². The Morgan fingerprint density at radius 1 is 0.736 bits per heavy atom. The fraction of sp³-hybridized carbons (Fsp3) is 0.600. The van der Waals surface area contributed by atoms with E-state index in [0.717, 1.165) is 25.7 Å². The molecule has 10 atom stereocenters. The van der Waals surface area contributed by atoms with E-state index in [1.165, 1.54) is 32.5 Å². The third-order valence-corrected chi connectivity index (χ3v) is 8.22. The van der Waals surface area contributed by atoms with E-state index in [-0.39, 0.29) is 6.61 Å². The van der Waals surface area contributed by atoms with Gasteiger partial charge in [-0.05, 0) is 23.2 Å². The molecule has 2 aliphatic rings. The van der Waals surface area contributed by atoms with Crippen LogP contribution >= 0.6 is 23.4 Å². The first-order valence-corrected chi connectivity index (χ1v) is 16.7.